The predicted molar refractivity (Wildman–Crippen MR) is 82.9 cm³/mol. The van der Waals surface area contributed by atoms with E-state index in [4.69, 9.17) is 4.74 Å². The van der Waals surface area contributed by atoms with Gasteiger partial charge in [0.25, 0.3) is 0 Å². The number of benzene rings is 1. The van der Waals surface area contributed by atoms with E-state index in [9.17, 15) is 14.0 Å². The molecule has 7 heteroatoms. The second-order valence-electron chi connectivity index (χ2n) is 5.18. The predicted octanol–water partition coefficient (Wildman–Crippen LogP) is 1.08. The van der Waals surface area contributed by atoms with Crippen molar-refractivity contribution >= 4 is 23.6 Å². The zero-order valence-corrected chi connectivity index (χ0v) is 13.2. The third kappa shape index (κ3) is 4.45. The van der Waals surface area contributed by atoms with Crippen LogP contribution >= 0.6 is 11.8 Å². The fourth-order valence-corrected chi connectivity index (χ4v) is 3.54. The minimum absolute atomic E-state index is 0.178. The smallest absolute Gasteiger partial charge is 0.309 e. The minimum Gasteiger partial charge on any atom is -0.376 e. The van der Waals surface area contributed by atoms with Crippen molar-refractivity contribution in [1.29, 1.82) is 0 Å². The van der Waals surface area contributed by atoms with Crippen LogP contribution < -0.4 is 10.6 Å². The van der Waals surface area contributed by atoms with E-state index in [0.717, 1.165) is 23.5 Å². The maximum Gasteiger partial charge on any atom is 0.309 e. The molecule has 22 heavy (non-hydrogen) atoms. The molecule has 0 saturated carbocycles. The molecular weight excluding hydrogens is 307 g/mol. The van der Waals surface area contributed by atoms with Crippen LogP contribution in [0.2, 0.25) is 0 Å². The first-order chi connectivity index (χ1) is 10.5. The number of rotatable bonds is 5. The molecule has 0 aromatic heterocycles. The highest BCUT2D eigenvalue weighted by Gasteiger charge is 2.35. The van der Waals surface area contributed by atoms with Crippen LogP contribution in [0.1, 0.15) is 12.0 Å². The molecule has 1 atom stereocenters. The van der Waals surface area contributed by atoms with E-state index in [1.54, 1.807) is 31.0 Å². The molecule has 0 spiro atoms. The summed E-state index contributed by atoms with van der Waals surface area (Å²) in [7, 11) is 1.62. The Morgan fingerprint density at radius 1 is 1.27 bits per heavy atom. The molecule has 2 rings (SSSR count). The number of methoxy groups -OCH3 is 1. The number of hydrogen-bond acceptors (Lipinski definition) is 4. The largest absolute Gasteiger partial charge is 0.376 e. The zero-order chi connectivity index (χ0) is 16.0. The fourth-order valence-electron chi connectivity index (χ4n) is 2.15. The van der Waals surface area contributed by atoms with Crippen LogP contribution in [0.4, 0.5) is 4.39 Å². The molecule has 1 saturated heterocycles. The number of ether oxygens (including phenoxy) is 1. The Bertz CT molecular complexity index is 530. The van der Waals surface area contributed by atoms with Gasteiger partial charge >= 0.3 is 11.8 Å². The second kappa shape index (κ2) is 7.60. The quantitative estimate of drug-likeness (QED) is 0.795. The average molecular weight is 326 g/mol. The van der Waals surface area contributed by atoms with E-state index in [1.165, 1.54) is 12.1 Å². The SMILES string of the molecule is CO[C@@]1(CNC(=O)C(=O)NCc2ccc(F)cc2)CCSC1. The summed E-state index contributed by atoms with van der Waals surface area (Å²) in [6.45, 7) is 0.497. The van der Waals surface area contributed by atoms with Gasteiger partial charge in [-0.1, -0.05) is 12.1 Å². The number of carbonyl (C=O) groups is 2. The molecule has 1 aromatic rings. The van der Waals surface area contributed by atoms with E-state index >= 15 is 0 Å². The summed E-state index contributed by atoms with van der Waals surface area (Å²) >= 11 is 1.77. The van der Waals surface area contributed by atoms with Gasteiger partial charge in [0.05, 0.1) is 5.60 Å². The van der Waals surface area contributed by atoms with E-state index in [1.807, 2.05) is 0 Å². The van der Waals surface area contributed by atoms with Crippen LogP contribution in [0.15, 0.2) is 24.3 Å². The zero-order valence-electron chi connectivity index (χ0n) is 12.4. The Labute approximate surface area is 133 Å². The van der Waals surface area contributed by atoms with Crippen LogP contribution in [-0.2, 0) is 20.9 Å². The van der Waals surface area contributed by atoms with Crippen molar-refractivity contribution in [3.63, 3.8) is 0 Å². The van der Waals surface area contributed by atoms with Crippen molar-refractivity contribution in [1.82, 2.24) is 10.6 Å². The minimum atomic E-state index is -0.707. The molecule has 120 valence electrons. The van der Waals surface area contributed by atoms with E-state index in [-0.39, 0.29) is 18.0 Å². The first-order valence-corrected chi connectivity index (χ1v) is 8.13. The van der Waals surface area contributed by atoms with Crippen LogP contribution in [0.3, 0.4) is 0 Å². The molecule has 5 nitrogen and oxygen atoms in total. The van der Waals surface area contributed by atoms with Crippen molar-refractivity contribution in [3.05, 3.63) is 35.6 Å². The van der Waals surface area contributed by atoms with Gasteiger partial charge in [0.1, 0.15) is 5.82 Å². The summed E-state index contributed by atoms with van der Waals surface area (Å²) in [5.41, 5.74) is 0.348. The van der Waals surface area contributed by atoms with Gasteiger partial charge in [-0.25, -0.2) is 4.39 Å². The molecule has 1 aliphatic heterocycles. The maximum atomic E-state index is 12.8. The van der Waals surface area contributed by atoms with Gasteiger partial charge in [0.15, 0.2) is 0 Å². The summed E-state index contributed by atoms with van der Waals surface area (Å²) in [5, 5.41) is 5.12. The van der Waals surface area contributed by atoms with Gasteiger partial charge in [-0.2, -0.15) is 11.8 Å². The van der Waals surface area contributed by atoms with E-state index in [2.05, 4.69) is 10.6 Å². The molecule has 0 radical (unpaired) electrons. The maximum absolute atomic E-state index is 12.8. The van der Waals surface area contributed by atoms with Gasteiger partial charge in [0, 0.05) is 26.0 Å². The molecular formula is C15H19FN2O3S. The number of hydrogen-bond donors (Lipinski definition) is 2. The summed E-state index contributed by atoms with van der Waals surface area (Å²) in [5.74, 6) is 0.0605. The molecule has 0 aliphatic carbocycles. The van der Waals surface area contributed by atoms with Gasteiger partial charge in [-0.15, -0.1) is 0 Å². The topological polar surface area (TPSA) is 67.4 Å². The van der Waals surface area contributed by atoms with Crippen LogP contribution in [-0.4, -0.2) is 42.6 Å². The Hall–Kier alpha value is -1.60. The Morgan fingerprint density at radius 3 is 2.55 bits per heavy atom. The van der Waals surface area contributed by atoms with Crippen LogP contribution in [0.5, 0.6) is 0 Å². The first kappa shape index (κ1) is 16.8. The third-order valence-corrected chi connectivity index (χ3v) is 4.87. The highest BCUT2D eigenvalue weighted by molar-refractivity contribution is 7.99. The van der Waals surface area contributed by atoms with Gasteiger partial charge in [-0.05, 0) is 29.9 Å². The molecule has 1 fully saturated rings. The van der Waals surface area contributed by atoms with Gasteiger partial charge in [-0.3, -0.25) is 9.59 Å². The second-order valence-corrected chi connectivity index (χ2v) is 6.29. The van der Waals surface area contributed by atoms with Crippen LogP contribution in [0, 0.1) is 5.82 Å². The molecule has 1 heterocycles. The highest BCUT2D eigenvalue weighted by atomic mass is 32.2. The molecule has 1 aliphatic rings. The average Bonchev–Trinajstić information content (AvgIpc) is 3.01. The Morgan fingerprint density at radius 2 is 1.95 bits per heavy atom. The van der Waals surface area contributed by atoms with Crippen molar-refractivity contribution in [3.8, 4) is 0 Å². The van der Waals surface area contributed by atoms with Crippen molar-refractivity contribution in [2.75, 3.05) is 25.2 Å². The molecule has 2 amide bonds. The molecule has 0 bridgehead atoms. The van der Waals surface area contributed by atoms with Crippen LogP contribution in [0.25, 0.3) is 0 Å². The number of halogens is 1. The van der Waals surface area contributed by atoms with Crippen molar-refractivity contribution in [2.24, 2.45) is 0 Å². The summed E-state index contributed by atoms with van der Waals surface area (Å²) in [6, 6.07) is 5.73. The molecule has 0 unspecified atom stereocenters. The lowest BCUT2D eigenvalue weighted by Gasteiger charge is -2.26. The van der Waals surface area contributed by atoms with Gasteiger partial charge < -0.3 is 15.4 Å². The molecule has 1 aromatic carbocycles. The molecule has 2 N–H and O–H groups in total. The normalized spacial score (nSPS) is 20.6. The Kier molecular flexibility index (Phi) is 5.79. The standard InChI is InChI=1S/C15H19FN2O3S/c1-21-15(6-7-22-10-15)9-18-14(20)13(19)17-8-11-2-4-12(16)5-3-11/h2-5H,6-10H2,1H3,(H,17,19)(H,18,20)/t15-/m1/s1. The summed E-state index contributed by atoms with van der Waals surface area (Å²) < 4.78 is 18.2. The number of amides is 2. The fraction of sp³-hybridized carbons (Fsp3) is 0.467. The lowest BCUT2D eigenvalue weighted by molar-refractivity contribution is -0.140. The lowest BCUT2D eigenvalue weighted by Crippen LogP contribution is -2.48. The first-order valence-electron chi connectivity index (χ1n) is 6.98. The monoisotopic (exact) mass is 326 g/mol. The lowest BCUT2D eigenvalue weighted by atomic mass is 10.0. The van der Waals surface area contributed by atoms with Gasteiger partial charge in [0.2, 0.25) is 0 Å². The number of nitrogens with one attached hydrogen (secondary N) is 2. The van der Waals surface area contributed by atoms with Crippen molar-refractivity contribution < 1.29 is 18.7 Å². The Balaban J connectivity index is 1.77. The van der Waals surface area contributed by atoms with E-state index in [0.29, 0.717) is 6.54 Å². The summed E-state index contributed by atoms with van der Waals surface area (Å²) in [4.78, 5) is 23.5. The highest BCUT2D eigenvalue weighted by Crippen LogP contribution is 2.30. The number of carbonyl (C=O) groups excluding carboxylic acids is 2. The summed E-state index contributed by atoms with van der Waals surface area (Å²) in [6.07, 6.45) is 0.853. The third-order valence-electron chi connectivity index (χ3n) is 3.64. The van der Waals surface area contributed by atoms with E-state index < -0.39 is 11.8 Å². The number of thioether (sulfide) groups is 1. The van der Waals surface area contributed by atoms with Crippen molar-refractivity contribution in [2.45, 2.75) is 18.6 Å².